The highest BCUT2D eigenvalue weighted by molar-refractivity contribution is 5.75. The van der Waals surface area contributed by atoms with Crippen LogP contribution in [0.4, 0.5) is 0 Å². The molecule has 0 amide bonds. The fraction of sp³-hybridized carbons (Fsp3) is 0.917. The first-order valence-corrected chi connectivity index (χ1v) is 5.65. The number of carbonyl (C=O) groups excluding carboxylic acids is 1. The van der Waals surface area contributed by atoms with Crippen molar-refractivity contribution in [3.63, 3.8) is 0 Å². The Kier molecular flexibility index (Phi) is 5.82. The third-order valence-corrected chi connectivity index (χ3v) is 2.71. The summed E-state index contributed by atoms with van der Waals surface area (Å²) in [5.41, 5.74) is -0.333. The summed E-state index contributed by atoms with van der Waals surface area (Å²) in [7, 11) is 0. The van der Waals surface area contributed by atoms with Crippen LogP contribution < -0.4 is 0 Å². The molecule has 0 rings (SSSR count). The van der Waals surface area contributed by atoms with Gasteiger partial charge in [0, 0.05) is 0 Å². The molecule has 0 aliphatic rings. The standard InChI is InChI=1S/C12H24O2/c1-6-8-9-10(3)14-11(13)12(4,5)7-2/h10H,6-9H2,1-5H3. The number of rotatable bonds is 6. The van der Waals surface area contributed by atoms with Gasteiger partial charge in [0.25, 0.3) is 0 Å². The Balaban J connectivity index is 3.93. The minimum atomic E-state index is -0.333. The lowest BCUT2D eigenvalue weighted by molar-refractivity contribution is -0.159. The van der Waals surface area contributed by atoms with Crippen molar-refractivity contribution in [2.45, 2.75) is 66.4 Å². The van der Waals surface area contributed by atoms with Crippen molar-refractivity contribution in [2.75, 3.05) is 0 Å². The predicted molar refractivity (Wildman–Crippen MR) is 59.2 cm³/mol. The number of hydrogen-bond donors (Lipinski definition) is 0. The minimum Gasteiger partial charge on any atom is -0.462 e. The molecule has 2 nitrogen and oxygen atoms in total. The highest BCUT2D eigenvalue weighted by Crippen LogP contribution is 2.22. The summed E-state index contributed by atoms with van der Waals surface area (Å²) in [5, 5.41) is 0. The van der Waals surface area contributed by atoms with Gasteiger partial charge in [0.15, 0.2) is 0 Å². The Bertz CT molecular complexity index is 173. The van der Waals surface area contributed by atoms with Crippen molar-refractivity contribution in [3.8, 4) is 0 Å². The zero-order valence-electron chi connectivity index (χ0n) is 10.2. The largest absolute Gasteiger partial charge is 0.462 e. The Morgan fingerprint density at radius 2 is 1.93 bits per heavy atom. The zero-order valence-corrected chi connectivity index (χ0v) is 10.2. The number of ether oxygens (including phenoxy) is 1. The third kappa shape index (κ3) is 4.64. The van der Waals surface area contributed by atoms with Crippen LogP contribution >= 0.6 is 0 Å². The molecule has 0 aliphatic heterocycles. The summed E-state index contributed by atoms with van der Waals surface area (Å²) < 4.78 is 5.37. The van der Waals surface area contributed by atoms with E-state index in [1.54, 1.807) is 0 Å². The van der Waals surface area contributed by atoms with Crippen LogP contribution in [0.2, 0.25) is 0 Å². The normalized spacial score (nSPS) is 13.8. The molecule has 0 aliphatic carbocycles. The van der Waals surface area contributed by atoms with E-state index in [1.165, 1.54) is 0 Å². The lowest BCUT2D eigenvalue weighted by Crippen LogP contribution is -2.29. The van der Waals surface area contributed by atoms with Gasteiger partial charge >= 0.3 is 5.97 Å². The van der Waals surface area contributed by atoms with Crippen LogP contribution in [-0.4, -0.2) is 12.1 Å². The van der Waals surface area contributed by atoms with E-state index < -0.39 is 0 Å². The first-order valence-electron chi connectivity index (χ1n) is 5.65. The molecule has 0 heterocycles. The smallest absolute Gasteiger partial charge is 0.311 e. The number of esters is 1. The van der Waals surface area contributed by atoms with Crippen molar-refractivity contribution in [2.24, 2.45) is 5.41 Å². The summed E-state index contributed by atoms with van der Waals surface area (Å²) in [6.45, 7) is 9.99. The molecule has 0 aromatic carbocycles. The molecule has 0 aromatic rings. The van der Waals surface area contributed by atoms with Crippen molar-refractivity contribution in [1.82, 2.24) is 0 Å². The molecule has 1 atom stereocenters. The monoisotopic (exact) mass is 200 g/mol. The van der Waals surface area contributed by atoms with Gasteiger partial charge in [-0.05, 0) is 33.6 Å². The van der Waals surface area contributed by atoms with E-state index in [9.17, 15) is 4.79 Å². The van der Waals surface area contributed by atoms with Crippen LogP contribution in [0, 0.1) is 5.41 Å². The van der Waals surface area contributed by atoms with Crippen molar-refractivity contribution in [1.29, 1.82) is 0 Å². The van der Waals surface area contributed by atoms with E-state index in [-0.39, 0.29) is 17.5 Å². The number of carbonyl (C=O) groups is 1. The lowest BCUT2D eigenvalue weighted by Gasteiger charge is -2.23. The molecule has 0 saturated carbocycles. The molecule has 0 bridgehead atoms. The zero-order chi connectivity index (χ0) is 11.2. The number of hydrogen-bond acceptors (Lipinski definition) is 2. The number of unbranched alkanes of at least 4 members (excludes halogenated alkanes) is 1. The first-order chi connectivity index (χ1) is 6.44. The Morgan fingerprint density at radius 1 is 1.36 bits per heavy atom. The van der Waals surface area contributed by atoms with E-state index in [0.717, 1.165) is 25.7 Å². The van der Waals surface area contributed by atoms with Crippen LogP contribution in [0.1, 0.15) is 60.3 Å². The molecule has 0 aromatic heterocycles. The maximum atomic E-state index is 11.6. The third-order valence-electron chi connectivity index (χ3n) is 2.71. The van der Waals surface area contributed by atoms with Crippen molar-refractivity contribution in [3.05, 3.63) is 0 Å². The van der Waals surface area contributed by atoms with E-state index in [1.807, 2.05) is 27.7 Å². The fourth-order valence-corrected chi connectivity index (χ4v) is 1.04. The summed E-state index contributed by atoms with van der Waals surface area (Å²) >= 11 is 0. The van der Waals surface area contributed by atoms with Gasteiger partial charge < -0.3 is 4.74 Å². The van der Waals surface area contributed by atoms with E-state index in [0.29, 0.717) is 0 Å². The minimum absolute atomic E-state index is 0.0632. The first kappa shape index (κ1) is 13.5. The van der Waals surface area contributed by atoms with Gasteiger partial charge in [-0.25, -0.2) is 0 Å². The second kappa shape index (κ2) is 6.05. The molecule has 1 unspecified atom stereocenters. The molecular formula is C12H24O2. The molecule has 0 spiro atoms. The quantitative estimate of drug-likeness (QED) is 0.613. The molecular weight excluding hydrogens is 176 g/mol. The molecule has 2 heteroatoms. The molecule has 0 saturated heterocycles. The molecule has 0 radical (unpaired) electrons. The highest BCUT2D eigenvalue weighted by Gasteiger charge is 2.28. The highest BCUT2D eigenvalue weighted by atomic mass is 16.5. The summed E-state index contributed by atoms with van der Waals surface area (Å²) in [6.07, 6.45) is 4.14. The van der Waals surface area contributed by atoms with Gasteiger partial charge in [0.05, 0.1) is 11.5 Å². The topological polar surface area (TPSA) is 26.3 Å². The Morgan fingerprint density at radius 3 is 2.36 bits per heavy atom. The lowest BCUT2D eigenvalue weighted by atomic mass is 9.90. The van der Waals surface area contributed by atoms with Crippen LogP contribution in [0.5, 0.6) is 0 Å². The Labute approximate surface area is 88.0 Å². The van der Waals surface area contributed by atoms with E-state index in [4.69, 9.17) is 4.74 Å². The van der Waals surface area contributed by atoms with Gasteiger partial charge in [-0.1, -0.05) is 26.7 Å². The Hall–Kier alpha value is -0.530. The van der Waals surface area contributed by atoms with E-state index >= 15 is 0 Å². The molecule has 14 heavy (non-hydrogen) atoms. The van der Waals surface area contributed by atoms with Crippen LogP contribution in [-0.2, 0) is 9.53 Å². The summed E-state index contributed by atoms with van der Waals surface area (Å²) in [4.78, 5) is 11.6. The van der Waals surface area contributed by atoms with Gasteiger partial charge in [0.1, 0.15) is 0 Å². The van der Waals surface area contributed by atoms with Crippen LogP contribution in [0.3, 0.4) is 0 Å². The van der Waals surface area contributed by atoms with Crippen molar-refractivity contribution >= 4 is 5.97 Å². The second-order valence-electron chi connectivity index (χ2n) is 4.60. The SMILES string of the molecule is CCCCC(C)OC(=O)C(C)(C)CC. The fourth-order valence-electron chi connectivity index (χ4n) is 1.04. The van der Waals surface area contributed by atoms with Crippen molar-refractivity contribution < 1.29 is 9.53 Å². The molecule has 84 valence electrons. The van der Waals surface area contributed by atoms with Gasteiger partial charge in [0.2, 0.25) is 0 Å². The van der Waals surface area contributed by atoms with E-state index in [2.05, 4.69) is 6.92 Å². The maximum Gasteiger partial charge on any atom is 0.311 e. The van der Waals surface area contributed by atoms with Gasteiger partial charge in [-0.2, -0.15) is 0 Å². The second-order valence-corrected chi connectivity index (χ2v) is 4.60. The summed E-state index contributed by atoms with van der Waals surface area (Å²) in [6, 6.07) is 0. The van der Waals surface area contributed by atoms with Crippen LogP contribution in [0.25, 0.3) is 0 Å². The van der Waals surface area contributed by atoms with Gasteiger partial charge in [-0.15, -0.1) is 0 Å². The predicted octanol–water partition coefficient (Wildman–Crippen LogP) is 3.54. The van der Waals surface area contributed by atoms with Crippen LogP contribution in [0.15, 0.2) is 0 Å². The average Bonchev–Trinajstić information content (AvgIpc) is 2.14. The summed E-state index contributed by atoms with van der Waals surface area (Å²) in [5.74, 6) is -0.0661. The molecule has 0 fully saturated rings. The maximum absolute atomic E-state index is 11.6. The molecule has 0 N–H and O–H groups in total. The average molecular weight is 200 g/mol. The van der Waals surface area contributed by atoms with Gasteiger partial charge in [-0.3, -0.25) is 4.79 Å².